The lowest BCUT2D eigenvalue weighted by molar-refractivity contribution is 0.171. The highest BCUT2D eigenvalue weighted by Crippen LogP contribution is 2.28. The molecule has 1 aliphatic carbocycles. The van der Waals surface area contributed by atoms with Crippen LogP contribution < -0.4 is 5.32 Å². The molecule has 1 heterocycles. The van der Waals surface area contributed by atoms with Crippen LogP contribution in [0.3, 0.4) is 0 Å². The standard InChI is InChI=1S/C13H23N3O/c1-2-14-10-13(17)9-11-7-8-16(15-11)12-5-3-4-6-12/h7-8,12-14,17H,2-6,9-10H2,1H3. The van der Waals surface area contributed by atoms with Crippen molar-refractivity contribution in [1.82, 2.24) is 15.1 Å². The van der Waals surface area contributed by atoms with E-state index in [1.807, 2.05) is 13.0 Å². The summed E-state index contributed by atoms with van der Waals surface area (Å²) in [5, 5.41) is 17.5. The van der Waals surface area contributed by atoms with Gasteiger partial charge in [-0.2, -0.15) is 5.10 Å². The lowest BCUT2D eigenvalue weighted by Gasteiger charge is -2.10. The lowest BCUT2D eigenvalue weighted by atomic mass is 10.2. The van der Waals surface area contributed by atoms with Crippen molar-refractivity contribution in [3.63, 3.8) is 0 Å². The number of rotatable bonds is 6. The van der Waals surface area contributed by atoms with Crippen LogP contribution in [-0.2, 0) is 6.42 Å². The molecule has 0 aliphatic heterocycles. The Labute approximate surface area is 103 Å². The topological polar surface area (TPSA) is 50.1 Å². The fraction of sp³-hybridized carbons (Fsp3) is 0.769. The van der Waals surface area contributed by atoms with E-state index in [9.17, 15) is 5.11 Å². The van der Waals surface area contributed by atoms with Gasteiger partial charge in [0.15, 0.2) is 0 Å². The van der Waals surface area contributed by atoms with E-state index in [1.54, 1.807) is 0 Å². The van der Waals surface area contributed by atoms with Gasteiger partial charge >= 0.3 is 0 Å². The first kappa shape index (κ1) is 12.6. The zero-order valence-electron chi connectivity index (χ0n) is 10.6. The molecule has 96 valence electrons. The molecule has 1 atom stereocenters. The van der Waals surface area contributed by atoms with Crippen LogP contribution in [0, 0.1) is 0 Å². The van der Waals surface area contributed by atoms with E-state index in [0.29, 0.717) is 19.0 Å². The van der Waals surface area contributed by atoms with Crippen molar-refractivity contribution < 1.29 is 5.11 Å². The third-order valence-electron chi connectivity index (χ3n) is 3.44. The highest BCUT2D eigenvalue weighted by Gasteiger charge is 2.18. The van der Waals surface area contributed by atoms with Crippen molar-refractivity contribution >= 4 is 0 Å². The van der Waals surface area contributed by atoms with Crippen LogP contribution in [0.15, 0.2) is 12.3 Å². The van der Waals surface area contributed by atoms with Gasteiger partial charge in [0.2, 0.25) is 0 Å². The van der Waals surface area contributed by atoms with Crippen molar-refractivity contribution in [3.05, 3.63) is 18.0 Å². The predicted octanol–water partition coefficient (Wildman–Crippen LogP) is 1.51. The Kier molecular flexibility index (Phi) is 4.57. The summed E-state index contributed by atoms with van der Waals surface area (Å²) in [4.78, 5) is 0. The van der Waals surface area contributed by atoms with E-state index in [0.717, 1.165) is 12.2 Å². The Morgan fingerprint density at radius 1 is 1.53 bits per heavy atom. The van der Waals surface area contributed by atoms with Gasteiger partial charge in [0.05, 0.1) is 17.8 Å². The molecule has 1 saturated carbocycles. The summed E-state index contributed by atoms with van der Waals surface area (Å²) in [6.07, 6.45) is 7.52. The Bertz CT molecular complexity index is 331. The number of likely N-dealkylation sites (N-methyl/N-ethyl adjacent to an activating group) is 1. The minimum absolute atomic E-state index is 0.332. The molecule has 1 unspecified atom stereocenters. The molecule has 4 nitrogen and oxygen atoms in total. The van der Waals surface area contributed by atoms with Crippen LogP contribution in [-0.4, -0.2) is 34.1 Å². The van der Waals surface area contributed by atoms with Gasteiger partial charge in [-0.3, -0.25) is 4.68 Å². The molecule has 1 aliphatic rings. The molecule has 1 aromatic heterocycles. The molecule has 0 saturated heterocycles. The Morgan fingerprint density at radius 3 is 3.00 bits per heavy atom. The molecule has 4 heteroatoms. The second-order valence-corrected chi connectivity index (χ2v) is 4.89. The van der Waals surface area contributed by atoms with E-state index in [1.165, 1.54) is 25.7 Å². The monoisotopic (exact) mass is 237 g/mol. The molecule has 2 N–H and O–H groups in total. The summed E-state index contributed by atoms with van der Waals surface area (Å²) < 4.78 is 2.09. The predicted molar refractivity (Wildman–Crippen MR) is 68.0 cm³/mol. The third-order valence-corrected chi connectivity index (χ3v) is 3.44. The normalized spacial score (nSPS) is 18.7. The number of nitrogens with one attached hydrogen (secondary N) is 1. The van der Waals surface area contributed by atoms with Gasteiger partial charge in [-0.05, 0) is 25.5 Å². The fourth-order valence-corrected chi connectivity index (χ4v) is 2.48. The maximum atomic E-state index is 9.80. The number of hydrogen-bond acceptors (Lipinski definition) is 3. The number of aromatic nitrogens is 2. The van der Waals surface area contributed by atoms with Crippen LogP contribution in [0.2, 0.25) is 0 Å². The minimum Gasteiger partial charge on any atom is -0.391 e. The lowest BCUT2D eigenvalue weighted by Crippen LogP contribution is -2.28. The Hall–Kier alpha value is -0.870. The van der Waals surface area contributed by atoms with Crippen molar-refractivity contribution in [2.24, 2.45) is 0 Å². The van der Waals surface area contributed by atoms with Crippen LogP contribution >= 0.6 is 0 Å². The van der Waals surface area contributed by atoms with Crippen LogP contribution in [0.25, 0.3) is 0 Å². The van der Waals surface area contributed by atoms with Gasteiger partial charge in [-0.1, -0.05) is 19.8 Å². The molecular formula is C13H23N3O. The molecule has 0 amide bonds. The molecule has 1 aromatic rings. The van der Waals surface area contributed by atoms with Crippen LogP contribution in [0.5, 0.6) is 0 Å². The van der Waals surface area contributed by atoms with E-state index in [-0.39, 0.29) is 6.10 Å². The largest absolute Gasteiger partial charge is 0.391 e. The highest BCUT2D eigenvalue weighted by molar-refractivity contribution is 5.02. The average Bonchev–Trinajstić information content (AvgIpc) is 2.95. The molecular weight excluding hydrogens is 214 g/mol. The van der Waals surface area contributed by atoms with Gasteiger partial charge in [-0.25, -0.2) is 0 Å². The number of aliphatic hydroxyl groups excluding tert-OH is 1. The SMILES string of the molecule is CCNCC(O)Cc1ccn(C2CCCC2)n1. The molecule has 17 heavy (non-hydrogen) atoms. The van der Waals surface area contributed by atoms with Gasteiger partial charge in [0.25, 0.3) is 0 Å². The Balaban J connectivity index is 1.84. The zero-order valence-corrected chi connectivity index (χ0v) is 10.6. The number of hydrogen-bond donors (Lipinski definition) is 2. The Morgan fingerprint density at radius 2 is 2.29 bits per heavy atom. The summed E-state index contributed by atoms with van der Waals surface area (Å²) in [7, 11) is 0. The van der Waals surface area contributed by atoms with E-state index >= 15 is 0 Å². The smallest absolute Gasteiger partial charge is 0.0720 e. The van der Waals surface area contributed by atoms with E-state index in [4.69, 9.17) is 0 Å². The van der Waals surface area contributed by atoms with Gasteiger partial charge in [0.1, 0.15) is 0 Å². The molecule has 0 bridgehead atoms. The van der Waals surface area contributed by atoms with Crippen molar-refractivity contribution in [2.45, 2.75) is 51.2 Å². The van der Waals surface area contributed by atoms with Crippen LogP contribution in [0.1, 0.15) is 44.3 Å². The van der Waals surface area contributed by atoms with Crippen molar-refractivity contribution in [2.75, 3.05) is 13.1 Å². The highest BCUT2D eigenvalue weighted by atomic mass is 16.3. The van der Waals surface area contributed by atoms with E-state index < -0.39 is 0 Å². The fourth-order valence-electron chi connectivity index (χ4n) is 2.48. The first-order chi connectivity index (χ1) is 8.29. The summed E-state index contributed by atoms with van der Waals surface area (Å²) in [5.41, 5.74) is 1.00. The summed E-state index contributed by atoms with van der Waals surface area (Å²) in [6.45, 7) is 3.59. The molecule has 2 rings (SSSR count). The molecule has 0 radical (unpaired) electrons. The van der Waals surface area contributed by atoms with Gasteiger partial charge in [0, 0.05) is 19.2 Å². The third kappa shape index (κ3) is 3.54. The summed E-state index contributed by atoms with van der Waals surface area (Å²) in [5.74, 6) is 0. The van der Waals surface area contributed by atoms with Crippen molar-refractivity contribution in [1.29, 1.82) is 0 Å². The maximum Gasteiger partial charge on any atom is 0.0720 e. The van der Waals surface area contributed by atoms with Gasteiger partial charge in [-0.15, -0.1) is 0 Å². The molecule has 0 aromatic carbocycles. The first-order valence-corrected chi connectivity index (χ1v) is 6.72. The van der Waals surface area contributed by atoms with Crippen LogP contribution in [0.4, 0.5) is 0 Å². The van der Waals surface area contributed by atoms with Gasteiger partial charge < -0.3 is 10.4 Å². The molecule has 0 spiro atoms. The maximum absolute atomic E-state index is 9.80. The minimum atomic E-state index is -0.332. The second-order valence-electron chi connectivity index (χ2n) is 4.89. The number of nitrogens with zero attached hydrogens (tertiary/aromatic N) is 2. The molecule has 1 fully saturated rings. The average molecular weight is 237 g/mol. The zero-order chi connectivity index (χ0) is 12.1. The number of aliphatic hydroxyl groups is 1. The summed E-state index contributed by atoms with van der Waals surface area (Å²) in [6, 6.07) is 2.63. The quantitative estimate of drug-likeness (QED) is 0.788. The summed E-state index contributed by atoms with van der Waals surface area (Å²) >= 11 is 0. The second kappa shape index (κ2) is 6.17. The van der Waals surface area contributed by atoms with Crippen molar-refractivity contribution in [3.8, 4) is 0 Å². The van der Waals surface area contributed by atoms with E-state index in [2.05, 4.69) is 21.3 Å². The first-order valence-electron chi connectivity index (χ1n) is 6.72.